The van der Waals surface area contributed by atoms with Crippen molar-refractivity contribution in [3.63, 3.8) is 0 Å². The predicted molar refractivity (Wildman–Crippen MR) is 549 cm³/mol. The second-order valence-electron chi connectivity index (χ2n) is 33.6. The number of fused-ring (bicyclic) bond motifs is 24. The third-order valence-electron chi connectivity index (χ3n) is 25.7. The van der Waals surface area contributed by atoms with E-state index in [-0.39, 0.29) is 0 Å². The molecule has 25 rings (SSSR count). The van der Waals surface area contributed by atoms with E-state index in [1.807, 2.05) is 0 Å². The standard InChI is InChI=1S/C120H78N12/c1-9-25-73(26-10-1)109-85-49-53-89(121-85)111(75-29-13-3-14-30-75)93-57-65-101(125-93)117(102-66-58-94(126-102)112(76-31-15-4-16-32-76)90-54-50-86(109)122-90)81-41-45-83(46-42-81)119-105-69-61-97(129-105)115(79-37-21-7-22-38-79)99-63-71-107(131-99)120(108-72-64-100(132-108)116(80-39-23-8-24-40-80)98-62-70-106(119)130-98)84-47-43-82(44-48-84)118-103-67-59-95(127-103)113(77-33-17-5-18-34-77)91-55-51-87(123-91)110(74-27-11-2-12-28-74)88-52-56-92(124-88)114(78-35-19-6-20-36-78)96-60-68-104(118)128-96/h1-72,121,123,126,128-129,132H. The molecule has 9 aromatic heterocycles. The van der Waals surface area contributed by atoms with Gasteiger partial charge < -0.3 is 29.9 Å². The minimum absolute atomic E-state index is 0.797. The molecule has 15 heterocycles. The summed E-state index contributed by atoms with van der Waals surface area (Å²) in [5.41, 5.74) is 44.6. The second-order valence-corrected chi connectivity index (χ2v) is 33.6. The number of nitrogens with one attached hydrogen (secondary N) is 6. The van der Waals surface area contributed by atoms with Gasteiger partial charge in [0.1, 0.15) is 0 Å². The molecule has 6 aliphatic rings. The molecule has 0 aliphatic carbocycles. The minimum atomic E-state index is 0.797. The minimum Gasteiger partial charge on any atom is -0.354 e. The molecule has 10 aromatic carbocycles. The molecule has 132 heavy (non-hydrogen) atoms. The summed E-state index contributed by atoms with van der Waals surface area (Å²) in [6.45, 7) is 0. The van der Waals surface area contributed by atoms with Gasteiger partial charge in [0.25, 0.3) is 0 Å². The van der Waals surface area contributed by atoms with Crippen LogP contribution in [0.2, 0.25) is 0 Å². The van der Waals surface area contributed by atoms with Crippen LogP contribution in [0.3, 0.4) is 0 Å². The lowest BCUT2D eigenvalue weighted by atomic mass is 9.98. The second kappa shape index (κ2) is 32.1. The van der Waals surface area contributed by atoms with Crippen LogP contribution < -0.4 is 0 Å². The van der Waals surface area contributed by atoms with E-state index < -0.39 is 0 Å². The summed E-state index contributed by atoms with van der Waals surface area (Å²) >= 11 is 0. The Hall–Kier alpha value is -18.0. The van der Waals surface area contributed by atoms with Crippen LogP contribution in [0.1, 0.15) is 68.3 Å². The van der Waals surface area contributed by atoms with E-state index in [9.17, 15) is 0 Å². The lowest BCUT2D eigenvalue weighted by Crippen LogP contribution is -1.91. The van der Waals surface area contributed by atoms with Gasteiger partial charge in [-0.25, -0.2) is 29.9 Å². The molecule has 0 unspecified atom stereocenters. The molecule has 6 aliphatic heterocycles. The van der Waals surface area contributed by atoms with Gasteiger partial charge in [0.2, 0.25) is 0 Å². The predicted octanol–water partition coefficient (Wildman–Crippen LogP) is 30.6. The molecule has 24 bridgehead atoms. The van der Waals surface area contributed by atoms with Gasteiger partial charge in [-0.05, 0) is 212 Å². The van der Waals surface area contributed by atoms with Crippen LogP contribution in [0.4, 0.5) is 0 Å². The topological polar surface area (TPSA) is 172 Å². The Kier molecular flexibility index (Phi) is 18.6. The van der Waals surface area contributed by atoms with E-state index in [0.29, 0.717) is 0 Å². The zero-order chi connectivity index (χ0) is 87.1. The molecule has 0 saturated carbocycles. The molecule has 0 amide bonds. The maximum absolute atomic E-state index is 5.78. The molecule has 12 nitrogen and oxygen atoms in total. The molecule has 6 N–H and O–H groups in total. The van der Waals surface area contributed by atoms with Gasteiger partial charge in [-0.1, -0.05) is 291 Å². The fourth-order valence-corrected chi connectivity index (χ4v) is 19.7. The number of aromatic nitrogens is 12. The molecule has 0 spiro atoms. The molecule has 19 aromatic rings. The lowest BCUT2D eigenvalue weighted by Gasteiger charge is -2.09. The smallest absolute Gasteiger partial charge is 0.0737 e. The summed E-state index contributed by atoms with van der Waals surface area (Å²) < 4.78 is 0. The van der Waals surface area contributed by atoms with Crippen molar-refractivity contribution in [2.75, 3.05) is 0 Å². The summed E-state index contributed by atoms with van der Waals surface area (Å²) in [5, 5.41) is 0. The van der Waals surface area contributed by atoms with Gasteiger partial charge in [-0.15, -0.1) is 0 Å². The average molecular weight is 1690 g/mol. The van der Waals surface area contributed by atoms with Crippen molar-refractivity contribution in [1.29, 1.82) is 0 Å². The van der Waals surface area contributed by atoms with Gasteiger partial charge >= 0.3 is 0 Å². The third kappa shape index (κ3) is 13.6. The summed E-state index contributed by atoms with van der Waals surface area (Å²) in [7, 11) is 0. The molecular formula is C120H78N12. The normalized spacial score (nSPS) is 12.4. The van der Waals surface area contributed by atoms with Crippen molar-refractivity contribution in [3.05, 3.63) is 432 Å². The molecular weight excluding hydrogens is 1610 g/mol. The maximum Gasteiger partial charge on any atom is 0.0737 e. The molecule has 0 atom stereocenters. The molecule has 0 saturated heterocycles. The van der Waals surface area contributed by atoms with Crippen LogP contribution >= 0.6 is 0 Å². The lowest BCUT2D eigenvalue weighted by molar-refractivity contribution is 1.31. The van der Waals surface area contributed by atoms with Gasteiger partial charge in [-0.3, -0.25) is 0 Å². The summed E-state index contributed by atoms with van der Waals surface area (Å²) in [6.07, 6.45) is 25.9. The number of benzene rings is 10. The first-order valence-corrected chi connectivity index (χ1v) is 44.5. The van der Waals surface area contributed by atoms with Crippen molar-refractivity contribution < 1.29 is 0 Å². The fraction of sp³-hybridized carbons (Fsp3) is 0. The number of aromatic amines is 6. The number of H-pyrrole nitrogens is 6. The van der Waals surface area contributed by atoms with Gasteiger partial charge in [0.15, 0.2) is 0 Å². The first-order valence-electron chi connectivity index (χ1n) is 44.5. The van der Waals surface area contributed by atoms with Crippen molar-refractivity contribution in [2.45, 2.75) is 0 Å². The summed E-state index contributed by atoms with van der Waals surface area (Å²) in [4.78, 5) is 57.9. The largest absolute Gasteiger partial charge is 0.354 e. The first kappa shape index (κ1) is 76.4. The van der Waals surface area contributed by atoms with Crippen LogP contribution in [-0.2, 0) is 0 Å². The highest BCUT2D eigenvalue weighted by molar-refractivity contribution is 6.07. The summed E-state index contributed by atoms with van der Waals surface area (Å²) in [6, 6.07) is 129. The van der Waals surface area contributed by atoms with E-state index in [2.05, 4.69) is 467 Å². The van der Waals surface area contributed by atoms with Crippen molar-refractivity contribution in [2.24, 2.45) is 0 Å². The first-order chi connectivity index (χ1) is 65.4. The SMILES string of the molecule is C1=Cc2nc1c(-c1ccccc1)c1ccc([nH]1)c(-c1ccccc1)c1nc(c(-c3ccc(-c4c5nc(c(-c6ccccc6)c6ccc([nH]6)c(-c6ccc(-c7c8nc(c(-c9ccccc9)c9ccc([nH]9)c(-c9ccccc9)c9nc(c(-c%10ccccc%10)c%10ccc7[nH]%10)C=C9)C=C8)cc6)c6nc(c(-c7ccccc7)c7ccc4[nH]7)C=C6)C=C5)cc3)c3ccc([nH]3)c2-c2ccccc2)C=C1. The van der Waals surface area contributed by atoms with E-state index >= 15 is 0 Å². The molecule has 618 valence electrons. The van der Waals surface area contributed by atoms with Crippen molar-refractivity contribution in [1.82, 2.24) is 59.8 Å². The number of rotatable bonds is 12. The van der Waals surface area contributed by atoms with Gasteiger partial charge in [0.05, 0.1) is 68.3 Å². The Morgan fingerprint density at radius 3 is 0.288 bits per heavy atom. The monoisotopic (exact) mass is 1690 g/mol. The fourth-order valence-electron chi connectivity index (χ4n) is 19.7. The van der Waals surface area contributed by atoms with Crippen LogP contribution in [0.25, 0.3) is 273 Å². The number of hydrogen-bond donors (Lipinski definition) is 6. The molecule has 0 fully saturated rings. The van der Waals surface area contributed by atoms with Crippen molar-refractivity contribution in [3.8, 4) is 134 Å². The molecule has 0 radical (unpaired) electrons. The Labute approximate surface area is 759 Å². The number of nitrogens with zero attached hydrogens (tertiary/aromatic N) is 6. The summed E-state index contributed by atoms with van der Waals surface area (Å²) in [5.74, 6) is 0. The highest BCUT2D eigenvalue weighted by atomic mass is 14.8. The van der Waals surface area contributed by atoms with Crippen LogP contribution in [-0.4, -0.2) is 59.8 Å². The highest BCUT2D eigenvalue weighted by Gasteiger charge is 2.26. The van der Waals surface area contributed by atoms with Gasteiger partial charge in [-0.2, -0.15) is 0 Å². The van der Waals surface area contributed by atoms with Gasteiger partial charge in [0, 0.05) is 133 Å². The quantitative estimate of drug-likeness (QED) is 0.0711. The highest BCUT2D eigenvalue weighted by Crippen LogP contribution is 2.46. The van der Waals surface area contributed by atoms with E-state index in [1.165, 1.54) is 0 Å². The zero-order valence-electron chi connectivity index (χ0n) is 71.3. The van der Waals surface area contributed by atoms with E-state index in [0.717, 1.165) is 268 Å². The van der Waals surface area contributed by atoms with Crippen LogP contribution in [0, 0.1) is 0 Å². The van der Waals surface area contributed by atoms with E-state index in [1.54, 1.807) is 0 Å². The van der Waals surface area contributed by atoms with Crippen LogP contribution in [0.5, 0.6) is 0 Å². The zero-order valence-corrected chi connectivity index (χ0v) is 71.3. The average Bonchev–Trinajstić information content (AvgIpc) is 1.60. The number of hydrogen-bond acceptors (Lipinski definition) is 6. The Bertz CT molecular complexity index is 8080. The van der Waals surface area contributed by atoms with Crippen LogP contribution in [0.15, 0.2) is 364 Å². The maximum atomic E-state index is 5.78. The Morgan fingerprint density at radius 1 is 0.0985 bits per heavy atom. The Balaban J connectivity index is 0.675. The Morgan fingerprint density at radius 2 is 0.189 bits per heavy atom. The van der Waals surface area contributed by atoms with Crippen molar-refractivity contribution >= 4 is 139 Å². The van der Waals surface area contributed by atoms with E-state index in [4.69, 9.17) is 29.9 Å². The third-order valence-corrected chi connectivity index (χ3v) is 25.7. The molecule has 12 heteroatoms.